The van der Waals surface area contributed by atoms with E-state index in [0.29, 0.717) is 25.0 Å². The van der Waals surface area contributed by atoms with Crippen molar-refractivity contribution in [1.29, 1.82) is 0 Å². The molecule has 1 aliphatic rings. The van der Waals surface area contributed by atoms with Crippen LogP contribution >= 0.6 is 0 Å². The van der Waals surface area contributed by atoms with Crippen molar-refractivity contribution >= 4 is 18.0 Å². The topological polar surface area (TPSA) is 93.7 Å². The third-order valence-electron chi connectivity index (χ3n) is 3.52. The summed E-state index contributed by atoms with van der Waals surface area (Å²) in [5, 5.41) is 5.51. The lowest BCUT2D eigenvalue weighted by Crippen LogP contribution is -2.40. The Balaban J connectivity index is 2.84. The van der Waals surface area contributed by atoms with Crippen LogP contribution in [0.25, 0.3) is 0 Å². The van der Waals surface area contributed by atoms with Gasteiger partial charge >= 0.3 is 12.1 Å². The second-order valence-electron chi connectivity index (χ2n) is 7.57. The number of alkyl carbamates (subject to hydrolysis) is 1. The lowest BCUT2D eigenvalue weighted by molar-refractivity contribution is -0.142. The third kappa shape index (κ3) is 8.05. The van der Waals surface area contributed by atoms with Gasteiger partial charge in [-0.15, -0.1) is 0 Å². The molecule has 0 saturated carbocycles. The number of rotatable bonds is 6. The molecule has 1 fully saturated rings. The van der Waals surface area contributed by atoms with E-state index in [0.717, 1.165) is 0 Å². The maximum absolute atomic E-state index is 12.1. The van der Waals surface area contributed by atoms with Crippen LogP contribution in [0, 0.1) is 5.92 Å². The van der Waals surface area contributed by atoms with Gasteiger partial charge < -0.3 is 20.1 Å². The standard InChI is InChI=1S/C18H30N2O5/c1-11(2)24-16(22)12(3)9-14(10-13-7-8-19-15(13)21)20-17(23)25-18(4,5)6/h9,11,13-14H,7-8,10H2,1-6H3,(H,19,21)(H,20,23)/b12-9+/t13-,14+/m0/s1. The molecule has 1 heterocycles. The summed E-state index contributed by atoms with van der Waals surface area (Å²) in [6.45, 7) is 11.1. The van der Waals surface area contributed by atoms with E-state index >= 15 is 0 Å². The molecule has 0 aliphatic carbocycles. The summed E-state index contributed by atoms with van der Waals surface area (Å²) in [6, 6.07) is -0.497. The highest BCUT2D eigenvalue weighted by Gasteiger charge is 2.28. The van der Waals surface area contributed by atoms with E-state index in [-0.39, 0.29) is 17.9 Å². The van der Waals surface area contributed by atoms with Crippen molar-refractivity contribution < 1.29 is 23.9 Å². The fraction of sp³-hybridized carbons (Fsp3) is 0.722. The van der Waals surface area contributed by atoms with Crippen LogP contribution in [0.15, 0.2) is 11.6 Å². The number of hydrogen-bond donors (Lipinski definition) is 2. The summed E-state index contributed by atoms with van der Waals surface area (Å²) in [5.41, 5.74) is -0.248. The van der Waals surface area contributed by atoms with Gasteiger partial charge in [-0.3, -0.25) is 4.79 Å². The maximum atomic E-state index is 12.1. The van der Waals surface area contributed by atoms with Gasteiger partial charge in [-0.1, -0.05) is 6.08 Å². The Kier molecular flexibility index (Phi) is 7.45. The van der Waals surface area contributed by atoms with E-state index in [1.165, 1.54) is 0 Å². The smallest absolute Gasteiger partial charge is 0.408 e. The zero-order valence-electron chi connectivity index (χ0n) is 16.0. The van der Waals surface area contributed by atoms with Gasteiger partial charge in [0.15, 0.2) is 0 Å². The van der Waals surface area contributed by atoms with Crippen molar-refractivity contribution in [2.45, 2.75) is 72.1 Å². The Morgan fingerprint density at radius 1 is 1.36 bits per heavy atom. The lowest BCUT2D eigenvalue weighted by Gasteiger charge is -2.23. The number of amides is 2. The molecule has 142 valence electrons. The average molecular weight is 354 g/mol. The molecular formula is C18H30N2O5. The van der Waals surface area contributed by atoms with Crippen LogP contribution in [0.2, 0.25) is 0 Å². The lowest BCUT2D eigenvalue weighted by atomic mass is 9.97. The number of carbonyl (C=O) groups excluding carboxylic acids is 3. The minimum Gasteiger partial charge on any atom is -0.460 e. The Labute approximate surface area is 149 Å². The van der Waals surface area contributed by atoms with Gasteiger partial charge in [0.1, 0.15) is 5.60 Å². The number of carbonyl (C=O) groups is 3. The SMILES string of the molecule is C/C(=C\[C@H](C[C@@H]1CCNC1=O)NC(=O)OC(C)(C)C)C(=O)OC(C)C. The number of hydrogen-bond acceptors (Lipinski definition) is 5. The van der Waals surface area contributed by atoms with E-state index in [9.17, 15) is 14.4 Å². The summed E-state index contributed by atoms with van der Waals surface area (Å²) >= 11 is 0. The van der Waals surface area contributed by atoms with E-state index in [1.54, 1.807) is 47.6 Å². The molecule has 0 radical (unpaired) electrons. The predicted molar refractivity (Wildman–Crippen MR) is 93.9 cm³/mol. The molecule has 1 saturated heterocycles. The van der Waals surface area contributed by atoms with E-state index < -0.39 is 23.7 Å². The van der Waals surface area contributed by atoms with Crippen LogP contribution in [0.1, 0.15) is 54.4 Å². The van der Waals surface area contributed by atoms with Gasteiger partial charge in [0.05, 0.1) is 12.1 Å². The van der Waals surface area contributed by atoms with Crippen molar-refractivity contribution in [3.63, 3.8) is 0 Å². The highest BCUT2D eigenvalue weighted by molar-refractivity contribution is 5.88. The number of ether oxygens (including phenoxy) is 2. The third-order valence-corrected chi connectivity index (χ3v) is 3.52. The van der Waals surface area contributed by atoms with Gasteiger partial charge in [-0.25, -0.2) is 9.59 Å². The largest absolute Gasteiger partial charge is 0.460 e. The number of esters is 1. The van der Waals surface area contributed by atoms with Gasteiger partial charge in [-0.2, -0.15) is 0 Å². The molecule has 7 nitrogen and oxygen atoms in total. The summed E-state index contributed by atoms with van der Waals surface area (Å²) in [6.07, 6.45) is 1.91. The van der Waals surface area contributed by atoms with Crippen molar-refractivity contribution in [3.05, 3.63) is 11.6 Å². The van der Waals surface area contributed by atoms with Crippen molar-refractivity contribution in [2.24, 2.45) is 5.92 Å². The molecule has 2 atom stereocenters. The van der Waals surface area contributed by atoms with Gasteiger partial charge in [0.25, 0.3) is 0 Å². The molecule has 2 N–H and O–H groups in total. The van der Waals surface area contributed by atoms with Gasteiger partial charge in [-0.05, 0) is 54.4 Å². The van der Waals surface area contributed by atoms with E-state index in [1.807, 2.05) is 0 Å². The molecule has 0 aromatic rings. The van der Waals surface area contributed by atoms with Crippen LogP contribution in [0.3, 0.4) is 0 Å². The van der Waals surface area contributed by atoms with Crippen LogP contribution in [0.5, 0.6) is 0 Å². The molecule has 0 aromatic heterocycles. The Morgan fingerprint density at radius 3 is 2.48 bits per heavy atom. The Morgan fingerprint density at radius 2 is 2.00 bits per heavy atom. The Bertz CT molecular complexity index is 534. The predicted octanol–water partition coefficient (Wildman–Crippen LogP) is 2.30. The minimum absolute atomic E-state index is 0.0354. The normalized spacial score (nSPS) is 19.4. The molecule has 0 unspecified atom stereocenters. The minimum atomic E-state index is -0.630. The second-order valence-corrected chi connectivity index (χ2v) is 7.57. The fourth-order valence-electron chi connectivity index (χ4n) is 2.48. The quantitative estimate of drug-likeness (QED) is 0.564. The first-order valence-corrected chi connectivity index (χ1v) is 8.64. The first-order valence-electron chi connectivity index (χ1n) is 8.64. The zero-order valence-corrected chi connectivity index (χ0v) is 16.0. The molecule has 0 bridgehead atoms. The summed E-state index contributed by atoms with van der Waals surface area (Å²) in [7, 11) is 0. The maximum Gasteiger partial charge on any atom is 0.408 e. The Hall–Kier alpha value is -2.05. The van der Waals surface area contributed by atoms with Crippen LogP contribution in [-0.2, 0) is 19.1 Å². The summed E-state index contributed by atoms with van der Waals surface area (Å²) < 4.78 is 10.4. The molecular weight excluding hydrogens is 324 g/mol. The molecule has 2 amide bonds. The molecule has 0 spiro atoms. The van der Waals surface area contributed by atoms with Crippen LogP contribution in [0.4, 0.5) is 4.79 Å². The average Bonchev–Trinajstić information content (AvgIpc) is 2.80. The van der Waals surface area contributed by atoms with E-state index in [4.69, 9.17) is 9.47 Å². The first-order chi connectivity index (χ1) is 11.5. The van der Waals surface area contributed by atoms with E-state index in [2.05, 4.69) is 10.6 Å². The molecule has 7 heteroatoms. The fourth-order valence-corrected chi connectivity index (χ4v) is 2.48. The highest BCUT2D eigenvalue weighted by Crippen LogP contribution is 2.18. The molecule has 1 aliphatic heterocycles. The van der Waals surface area contributed by atoms with Crippen molar-refractivity contribution in [2.75, 3.05) is 6.54 Å². The molecule has 1 rings (SSSR count). The van der Waals surface area contributed by atoms with Crippen LogP contribution < -0.4 is 10.6 Å². The summed E-state index contributed by atoms with van der Waals surface area (Å²) in [5.74, 6) is -0.682. The van der Waals surface area contributed by atoms with Crippen molar-refractivity contribution in [1.82, 2.24) is 10.6 Å². The van der Waals surface area contributed by atoms with Gasteiger partial charge in [0.2, 0.25) is 5.91 Å². The summed E-state index contributed by atoms with van der Waals surface area (Å²) in [4.78, 5) is 35.9. The second kappa shape index (κ2) is 8.87. The van der Waals surface area contributed by atoms with Crippen molar-refractivity contribution in [3.8, 4) is 0 Å². The zero-order chi connectivity index (χ0) is 19.2. The monoisotopic (exact) mass is 354 g/mol. The van der Waals surface area contributed by atoms with Gasteiger partial charge in [0, 0.05) is 18.0 Å². The highest BCUT2D eigenvalue weighted by atomic mass is 16.6. The molecule has 25 heavy (non-hydrogen) atoms. The first kappa shape index (κ1) is 21.0. The molecule has 0 aromatic carbocycles. The number of nitrogens with one attached hydrogen (secondary N) is 2. The van der Waals surface area contributed by atoms with Crippen LogP contribution in [-0.4, -0.2) is 42.3 Å².